The highest BCUT2D eigenvalue weighted by Gasteiger charge is 2.21. The summed E-state index contributed by atoms with van der Waals surface area (Å²) in [6, 6.07) is -0.231. The lowest BCUT2D eigenvalue weighted by atomic mass is 9.94. The van der Waals surface area contributed by atoms with Gasteiger partial charge in [-0.15, -0.1) is 0 Å². The number of ketones is 1. The first kappa shape index (κ1) is 11.7. The topological polar surface area (TPSA) is 43.1 Å². The minimum Gasteiger partial charge on any atom is -0.322 e. The Balaban J connectivity index is 2.01. The maximum absolute atomic E-state index is 10.9. The zero-order valence-electron chi connectivity index (χ0n) is 9.46. The fourth-order valence-corrected chi connectivity index (χ4v) is 1.88. The highest BCUT2D eigenvalue weighted by atomic mass is 16.1. The fraction of sp³-hybridized carbons (Fsp3) is 0.917. The van der Waals surface area contributed by atoms with Gasteiger partial charge in [-0.1, -0.05) is 39.0 Å². The van der Waals surface area contributed by atoms with Crippen molar-refractivity contribution in [1.82, 2.24) is 0 Å². The normalized spacial score (nSPS) is 20.5. The molecule has 2 nitrogen and oxygen atoms in total. The number of hydrogen-bond acceptors (Lipinski definition) is 2. The van der Waals surface area contributed by atoms with E-state index < -0.39 is 0 Å². The number of carbonyl (C=O) groups excluding carboxylic acids is 1. The van der Waals surface area contributed by atoms with E-state index in [2.05, 4.69) is 6.92 Å². The molecule has 2 atom stereocenters. The van der Waals surface area contributed by atoms with Gasteiger partial charge in [0.1, 0.15) is 5.78 Å². The smallest absolute Gasteiger partial charge is 0.146 e. The first-order chi connectivity index (χ1) is 6.59. The van der Waals surface area contributed by atoms with Gasteiger partial charge in [0, 0.05) is 0 Å². The fourth-order valence-electron chi connectivity index (χ4n) is 1.88. The molecule has 0 aromatic heterocycles. The Kier molecular flexibility index (Phi) is 4.59. The van der Waals surface area contributed by atoms with Gasteiger partial charge in [0.2, 0.25) is 0 Å². The van der Waals surface area contributed by atoms with Crippen LogP contribution in [0.2, 0.25) is 0 Å². The zero-order valence-corrected chi connectivity index (χ0v) is 9.46. The van der Waals surface area contributed by atoms with Gasteiger partial charge >= 0.3 is 0 Å². The van der Waals surface area contributed by atoms with Crippen LogP contribution in [-0.4, -0.2) is 11.8 Å². The molecule has 0 spiro atoms. The van der Waals surface area contributed by atoms with E-state index in [4.69, 9.17) is 5.73 Å². The number of nitrogens with two attached hydrogens (primary N) is 1. The van der Waals surface area contributed by atoms with E-state index in [-0.39, 0.29) is 11.8 Å². The molecule has 2 heteroatoms. The van der Waals surface area contributed by atoms with Crippen molar-refractivity contribution in [2.45, 2.75) is 58.4 Å². The second kappa shape index (κ2) is 5.50. The highest BCUT2D eigenvalue weighted by Crippen LogP contribution is 2.34. The van der Waals surface area contributed by atoms with Gasteiger partial charge in [-0.3, -0.25) is 4.79 Å². The van der Waals surface area contributed by atoms with Crippen LogP contribution in [0.15, 0.2) is 0 Å². The largest absolute Gasteiger partial charge is 0.322 e. The molecule has 1 aliphatic rings. The van der Waals surface area contributed by atoms with E-state index >= 15 is 0 Å². The molecule has 1 saturated carbocycles. The Morgan fingerprint density at radius 3 is 2.64 bits per heavy atom. The molecule has 0 saturated heterocycles. The van der Waals surface area contributed by atoms with Crippen molar-refractivity contribution in [3.63, 3.8) is 0 Å². The first-order valence-electron chi connectivity index (χ1n) is 5.85. The lowest BCUT2D eigenvalue weighted by Crippen LogP contribution is -2.30. The summed E-state index contributed by atoms with van der Waals surface area (Å²) in [5.74, 6) is 1.76. The van der Waals surface area contributed by atoms with Crippen LogP contribution in [-0.2, 0) is 4.79 Å². The predicted molar refractivity (Wildman–Crippen MR) is 59.0 cm³/mol. The minimum absolute atomic E-state index is 0.124. The lowest BCUT2D eigenvalue weighted by molar-refractivity contribution is -0.118. The minimum atomic E-state index is -0.231. The molecule has 0 radical (unpaired) electrons. The van der Waals surface area contributed by atoms with Gasteiger partial charge < -0.3 is 5.73 Å². The van der Waals surface area contributed by atoms with Crippen molar-refractivity contribution < 1.29 is 4.79 Å². The Labute approximate surface area is 87.2 Å². The van der Waals surface area contributed by atoms with Gasteiger partial charge in [-0.2, -0.15) is 0 Å². The average molecular weight is 197 g/mol. The summed E-state index contributed by atoms with van der Waals surface area (Å²) in [6.07, 6.45) is 7.69. The summed E-state index contributed by atoms with van der Waals surface area (Å²) in [5, 5.41) is 0. The molecule has 1 fully saturated rings. The predicted octanol–water partition coefficient (Wildman–Crippen LogP) is 2.51. The quantitative estimate of drug-likeness (QED) is 0.681. The molecule has 2 N–H and O–H groups in total. The lowest BCUT2D eigenvalue weighted by Gasteiger charge is -2.14. The number of rotatable bonds is 7. The van der Waals surface area contributed by atoms with Crippen molar-refractivity contribution in [1.29, 1.82) is 0 Å². The van der Waals surface area contributed by atoms with Gasteiger partial charge in [-0.25, -0.2) is 0 Å². The molecule has 82 valence electrons. The van der Waals surface area contributed by atoms with Gasteiger partial charge in [0.25, 0.3) is 0 Å². The molecule has 0 amide bonds. The van der Waals surface area contributed by atoms with Crippen LogP contribution < -0.4 is 5.73 Å². The van der Waals surface area contributed by atoms with Crippen LogP contribution >= 0.6 is 0 Å². The van der Waals surface area contributed by atoms with E-state index in [9.17, 15) is 4.79 Å². The molecule has 0 heterocycles. The maximum Gasteiger partial charge on any atom is 0.146 e. The van der Waals surface area contributed by atoms with E-state index in [1.807, 2.05) is 0 Å². The van der Waals surface area contributed by atoms with E-state index in [0.29, 0.717) is 5.92 Å². The van der Waals surface area contributed by atoms with E-state index in [1.54, 1.807) is 6.92 Å². The summed E-state index contributed by atoms with van der Waals surface area (Å²) in [6.45, 7) is 3.79. The monoisotopic (exact) mass is 197 g/mol. The number of hydrogen-bond donors (Lipinski definition) is 1. The molecule has 1 aliphatic carbocycles. The SMILES string of the molecule is CC(=O)[C@@H](N)C[C@@H](C)CCCC1CC1. The summed E-state index contributed by atoms with van der Waals surface area (Å²) in [4.78, 5) is 10.9. The van der Waals surface area contributed by atoms with Crippen molar-refractivity contribution >= 4 is 5.78 Å². The van der Waals surface area contributed by atoms with Crippen molar-refractivity contribution in [2.75, 3.05) is 0 Å². The van der Waals surface area contributed by atoms with Crippen LogP contribution in [0.3, 0.4) is 0 Å². The maximum atomic E-state index is 10.9. The Bertz CT molecular complexity index is 187. The van der Waals surface area contributed by atoms with E-state index in [0.717, 1.165) is 12.3 Å². The Hall–Kier alpha value is -0.370. The molecule has 0 unspecified atom stereocenters. The Morgan fingerprint density at radius 1 is 1.50 bits per heavy atom. The second-order valence-electron chi connectivity index (χ2n) is 4.93. The van der Waals surface area contributed by atoms with Gasteiger partial charge in [0.05, 0.1) is 6.04 Å². The molecule has 0 aliphatic heterocycles. The van der Waals surface area contributed by atoms with Gasteiger partial charge in [-0.05, 0) is 25.2 Å². The molecule has 0 bridgehead atoms. The van der Waals surface area contributed by atoms with Crippen LogP contribution in [0, 0.1) is 11.8 Å². The third kappa shape index (κ3) is 4.75. The summed E-state index contributed by atoms with van der Waals surface area (Å²) < 4.78 is 0. The van der Waals surface area contributed by atoms with E-state index in [1.165, 1.54) is 32.1 Å². The van der Waals surface area contributed by atoms with Crippen LogP contribution in [0.4, 0.5) is 0 Å². The molecular formula is C12H23NO. The second-order valence-corrected chi connectivity index (χ2v) is 4.93. The molecule has 1 rings (SSSR count). The van der Waals surface area contributed by atoms with Crippen LogP contribution in [0.25, 0.3) is 0 Å². The standard InChI is InChI=1S/C12H23NO/c1-9(8-12(13)10(2)14)4-3-5-11-6-7-11/h9,11-12H,3-8,13H2,1-2H3/t9-,12-/m0/s1. The van der Waals surface area contributed by atoms with Crippen LogP contribution in [0.5, 0.6) is 0 Å². The highest BCUT2D eigenvalue weighted by molar-refractivity contribution is 5.81. The number of carbonyl (C=O) groups is 1. The summed E-state index contributed by atoms with van der Waals surface area (Å²) in [7, 11) is 0. The molecule has 0 aromatic carbocycles. The van der Waals surface area contributed by atoms with Gasteiger partial charge in [0.15, 0.2) is 0 Å². The number of Topliss-reactive ketones (excluding diaryl/α,β-unsaturated/α-hetero) is 1. The third-order valence-electron chi connectivity index (χ3n) is 3.18. The Morgan fingerprint density at radius 2 is 2.14 bits per heavy atom. The van der Waals surface area contributed by atoms with Crippen molar-refractivity contribution in [2.24, 2.45) is 17.6 Å². The summed E-state index contributed by atoms with van der Waals surface area (Å²) in [5.41, 5.74) is 5.71. The van der Waals surface area contributed by atoms with Crippen molar-refractivity contribution in [3.8, 4) is 0 Å². The summed E-state index contributed by atoms with van der Waals surface area (Å²) >= 11 is 0. The first-order valence-corrected chi connectivity index (χ1v) is 5.85. The third-order valence-corrected chi connectivity index (χ3v) is 3.18. The molecule has 0 aromatic rings. The molecular weight excluding hydrogens is 174 g/mol. The van der Waals surface area contributed by atoms with Crippen LogP contribution in [0.1, 0.15) is 52.4 Å². The average Bonchev–Trinajstić information content (AvgIpc) is 2.87. The molecule has 14 heavy (non-hydrogen) atoms. The zero-order chi connectivity index (χ0) is 10.6. The van der Waals surface area contributed by atoms with Crippen molar-refractivity contribution in [3.05, 3.63) is 0 Å².